The van der Waals surface area contributed by atoms with Crippen LogP contribution in [0.1, 0.15) is 18.4 Å². The number of fused-ring (bicyclic) bond motifs is 1. The molecule has 4 nitrogen and oxygen atoms in total. The molecule has 1 fully saturated rings. The first-order chi connectivity index (χ1) is 8.83. The van der Waals surface area contributed by atoms with Crippen molar-refractivity contribution >= 4 is 5.52 Å². The van der Waals surface area contributed by atoms with Crippen molar-refractivity contribution in [2.24, 2.45) is 0 Å². The first kappa shape index (κ1) is 11.7. The molecule has 0 bridgehead atoms. The lowest BCUT2D eigenvalue weighted by molar-refractivity contribution is 0.234. The Kier molecular flexibility index (Phi) is 3.30. The third-order valence-corrected chi connectivity index (χ3v) is 3.81. The van der Waals surface area contributed by atoms with Crippen molar-refractivity contribution < 1.29 is 0 Å². The third-order valence-electron chi connectivity index (χ3n) is 3.81. The van der Waals surface area contributed by atoms with E-state index in [4.69, 9.17) is 0 Å². The van der Waals surface area contributed by atoms with E-state index in [0.29, 0.717) is 6.04 Å². The summed E-state index contributed by atoms with van der Waals surface area (Å²) in [6.45, 7) is 3.32. The van der Waals surface area contributed by atoms with Crippen LogP contribution in [0.25, 0.3) is 5.52 Å². The molecule has 0 radical (unpaired) electrons. The highest BCUT2D eigenvalue weighted by molar-refractivity contribution is 5.53. The van der Waals surface area contributed by atoms with Gasteiger partial charge in [0, 0.05) is 24.3 Å². The summed E-state index contributed by atoms with van der Waals surface area (Å²) in [6, 6.07) is 6.85. The summed E-state index contributed by atoms with van der Waals surface area (Å²) >= 11 is 0. The Morgan fingerprint density at radius 1 is 1.33 bits per heavy atom. The first-order valence-corrected chi connectivity index (χ1v) is 6.66. The van der Waals surface area contributed by atoms with Gasteiger partial charge in [-0.1, -0.05) is 6.07 Å². The topological polar surface area (TPSA) is 32.6 Å². The highest BCUT2D eigenvalue weighted by Gasteiger charge is 2.16. The predicted molar refractivity (Wildman–Crippen MR) is 72.6 cm³/mol. The van der Waals surface area contributed by atoms with Crippen molar-refractivity contribution in [3.63, 3.8) is 0 Å². The molecular weight excluding hydrogens is 224 g/mol. The molecule has 1 N–H and O–H groups in total. The molecule has 1 aliphatic rings. The van der Waals surface area contributed by atoms with Gasteiger partial charge in [-0.05, 0) is 45.1 Å². The van der Waals surface area contributed by atoms with Gasteiger partial charge in [0.05, 0.1) is 11.7 Å². The molecule has 0 unspecified atom stereocenters. The monoisotopic (exact) mass is 244 g/mol. The summed E-state index contributed by atoms with van der Waals surface area (Å²) in [5, 5.41) is 8.02. The fourth-order valence-electron chi connectivity index (χ4n) is 2.59. The molecule has 1 saturated heterocycles. The summed E-state index contributed by atoms with van der Waals surface area (Å²) in [4.78, 5) is 2.40. The fraction of sp³-hybridized carbons (Fsp3) is 0.500. The quantitative estimate of drug-likeness (QED) is 0.888. The SMILES string of the molecule is CN1CCC(NCc2cnn3ccccc23)CC1. The van der Waals surface area contributed by atoms with E-state index in [1.807, 2.05) is 23.0 Å². The number of hydrogen-bond acceptors (Lipinski definition) is 3. The largest absolute Gasteiger partial charge is 0.310 e. The minimum absolute atomic E-state index is 0.653. The predicted octanol–water partition coefficient (Wildman–Crippen LogP) is 1.52. The van der Waals surface area contributed by atoms with Crippen molar-refractivity contribution in [2.45, 2.75) is 25.4 Å². The average Bonchev–Trinajstić information content (AvgIpc) is 2.82. The van der Waals surface area contributed by atoms with Crippen molar-refractivity contribution in [1.29, 1.82) is 0 Å². The van der Waals surface area contributed by atoms with Gasteiger partial charge < -0.3 is 10.2 Å². The van der Waals surface area contributed by atoms with E-state index in [1.54, 1.807) is 0 Å². The third kappa shape index (κ3) is 2.40. The van der Waals surface area contributed by atoms with Gasteiger partial charge in [0.2, 0.25) is 0 Å². The van der Waals surface area contributed by atoms with Crippen LogP contribution in [0.2, 0.25) is 0 Å². The normalized spacial score (nSPS) is 18.5. The summed E-state index contributed by atoms with van der Waals surface area (Å²) in [7, 11) is 2.20. The Morgan fingerprint density at radius 3 is 3.00 bits per heavy atom. The number of aromatic nitrogens is 2. The molecule has 0 atom stereocenters. The second-order valence-electron chi connectivity index (χ2n) is 5.16. The van der Waals surface area contributed by atoms with Gasteiger partial charge >= 0.3 is 0 Å². The Bertz CT molecular complexity index is 511. The highest BCUT2D eigenvalue weighted by Crippen LogP contribution is 2.12. The van der Waals surface area contributed by atoms with E-state index >= 15 is 0 Å². The number of likely N-dealkylation sites (tertiary alicyclic amines) is 1. The Labute approximate surface area is 108 Å². The second-order valence-corrected chi connectivity index (χ2v) is 5.16. The smallest absolute Gasteiger partial charge is 0.0706 e. The molecule has 2 aromatic heterocycles. The lowest BCUT2D eigenvalue weighted by Gasteiger charge is -2.29. The zero-order valence-corrected chi connectivity index (χ0v) is 10.8. The van der Waals surface area contributed by atoms with E-state index < -0.39 is 0 Å². The van der Waals surface area contributed by atoms with Gasteiger partial charge in [-0.3, -0.25) is 0 Å². The molecule has 2 aromatic rings. The summed E-state index contributed by atoms with van der Waals surface area (Å²) < 4.78 is 1.94. The second kappa shape index (κ2) is 5.08. The molecule has 3 rings (SSSR count). The standard InChI is InChI=1S/C14H20N4/c1-17-8-5-13(6-9-17)15-10-12-11-16-18-7-3-2-4-14(12)18/h2-4,7,11,13,15H,5-6,8-10H2,1H3. The van der Waals surface area contributed by atoms with Crippen molar-refractivity contribution in [1.82, 2.24) is 19.8 Å². The Balaban J connectivity index is 1.63. The molecule has 4 heteroatoms. The molecule has 1 aliphatic heterocycles. The van der Waals surface area contributed by atoms with Crippen LogP contribution >= 0.6 is 0 Å². The van der Waals surface area contributed by atoms with E-state index in [1.165, 1.54) is 37.0 Å². The highest BCUT2D eigenvalue weighted by atomic mass is 15.2. The van der Waals surface area contributed by atoms with Gasteiger partial charge in [-0.25, -0.2) is 4.52 Å². The molecule has 18 heavy (non-hydrogen) atoms. The van der Waals surface area contributed by atoms with Crippen molar-refractivity contribution in [3.8, 4) is 0 Å². The molecule has 96 valence electrons. The van der Waals surface area contributed by atoms with Gasteiger partial charge in [0.25, 0.3) is 0 Å². The number of piperidine rings is 1. The van der Waals surface area contributed by atoms with Crippen molar-refractivity contribution in [2.75, 3.05) is 20.1 Å². The number of nitrogens with one attached hydrogen (secondary N) is 1. The average molecular weight is 244 g/mol. The number of hydrogen-bond donors (Lipinski definition) is 1. The summed E-state index contributed by atoms with van der Waals surface area (Å²) in [5.41, 5.74) is 2.49. The van der Waals surface area contributed by atoms with E-state index in [0.717, 1.165) is 6.54 Å². The van der Waals surface area contributed by atoms with Crippen LogP contribution in [0, 0.1) is 0 Å². The van der Waals surface area contributed by atoms with Crippen LogP contribution in [0.3, 0.4) is 0 Å². The van der Waals surface area contributed by atoms with E-state index in [9.17, 15) is 0 Å². The Hall–Kier alpha value is -1.39. The van der Waals surface area contributed by atoms with Gasteiger partial charge in [-0.2, -0.15) is 5.10 Å². The molecular formula is C14H20N4. The summed E-state index contributed by atoms with van der Waals surface area (Å²) in [5.74, 6) is 0. The minimum Gasteiger partial charge on any atom is -0.310 e. The van der Waals surface area contributed by atoms with E-state index in [-0.39, 0.29) is 0 Å². The zero-order chi connectivity index (χ0) is 12.4. The number of rotatable bonds is 3. The lowest BCUT2D eigenvalue weighted by atomic mass is 10.1. The van der Waals surface area contributed by atoms with Crippen LogP contribution < -0.4 is 5.32 Å². The van der Waals surface area contributed by atoms with Gasteiger partial charge in [0.1, 0.15) is 0 Å². The van der Waals surface area contributed by atoms with Crippen LogP contribution in [-0.2, 0) is 6.54 Å². The molecule has 3 heterocycles. The van der Waals surface area contributed by atoms with Crippen LogP contribution in [0.4, 0.5) is 0 Å². The minimum atomic E-state index is 0.653. The van der Waals surface area contributed by atoms with Crippen LogP contribution in [0.15, 0.2) is 30.6 Å². The maximum absolute atomic E-state index is 4.36. The van der Waals surface area contributed by atoms with Gasteiger partial charge in [0.15, 0.2) is 0 Å². The molecule has 0 aromatic carbocycles. The first-order valence-electron chi connectivity index (χ1n) is 6.66. The molecule has 0 saturated carbocycles. The van der Waals surface area contributed by atoms with Crippen LogP contribution in [-0.4, -0.2) is 40.7 Å². The number of pyridine rings is 1. The molecule has 0 spiro atoms. The van der Waals surface area contributed by atoms with Crippen LogP contribution in [0.5, 0.6) is 0 Å². The van der Waals surface area contributed by atoms with Gasteiger partial charge in [-0.15, -0.1) is 0 Å². The number of nitrogens with zero attached hydrogens (tertiary/aromatic N) is 3. The lowest BCUT2D eigenvalue weighted by Crippen LogP contribution is -2.40. The maximum atomic E-state index is 4.36. The summed E-state index contributed by atoms with van der Waals surface area (Å²) in [6.07, 6.45) is 6.46. The van der Waals surface area contributed by atoms with E-state index in [2.05, 4.69) is 34.5 Å². The zero-order valence-electron chi connectivity index (χ0n) is 10.8. The maximum Gasteiger partial charge on any atom is 0.0706 e. The fourth-order valence-corrected chi connectivity index (χ4v) is 2.59. The van der Waals surface area contributed by atoms with Crippen molar-refractivity contribution in [3.05, 3.63) is 36.2 Å². The molecule has 0 amide bonds. The molecule has 0 aliphatic carbocycles. The Morgan fingerprint density at radius 2 is 2.17 bits per heavy atom.